The van der Waals surface area contributed by atoms with Crippen molar-refractivity contribution >= 4 is 17.6 Å². The first-order chi connectivity index (χ1) is 7.49. The van der Waals surface area contributed by atoms with Gasteiger partial charge >= 0.3 is 5.97 Å². The Labute approximate surface area is 102 Å². The summed E-state index contributed by atoms with van der Waals surface area (Å²) in [7, 11) is 3.81. The third kappa shape index (κ3) is 13.2. The second kappa shape index (κ2) is 12.2. The fraction of sp³-hybridized carbons (Fsp3) is 0.545. The number of hydrogen-bond donors (Lipinski definition) is 1. The Morgan fingerprint density at radius 3 is 2.38 bits per heavy atom. The molecule has 0 aromatic carbocycles. The van der Waals surface area contributed by atoms with Crippen LogP contribution in [0.3, 0.4) is 0 Å². The van der Waals surface area contributed by atoms with Gasteiger partial charge in [-0.1, -0.05) is 12.7 Å². The summed E-state index contributed by atoms with van der Waals surface area (Å²) in [6.45, 7) is 7.85. The number of nitrogens with zero attached hydrogens (tertiary/aromatic N) is 1. The summed E-state index contributed by atoms with van der Waals surface area (Å²) in [4.78, 5) is 12.9. The highest BCUT2D eigenvalue weighted by Gasteiger charge is 2.06. The first kappa shape index (κ1) is 17.6. The maximum absolute atomic E-state index is 10.9. The summed E-state index contributed by atoms with van der Waals surface area (Å²) >= 11 is 5.38. The highest BCUT2D eigenvalue weighted by molar-refractivity contribution is 6.22. The third-order valence-electron chi connectivity index (χ3n) is 1.35. The summed E-state index contributed by atoms with van der Waals surface area (Å²) in [5, 5.41) is 7.76. The van der Waals surface area contributed by atoms with Gasteiger partial charge in [-0.2, -0.15) is 0 Å². The third-order valence-corrected chi connectivity index (χ3v) is 1.67. The van der Waals surface area contributed by atoms with Gasteiger partial charge in [0.15, 0.2) is 0 Å². The largest absolute Gasteiger partial charge is 0.461 e. The van der Waals surface area contributed by atoms with Gasteiger partial charge in [0, 0.05) is 12.1 Å². The quantitative estimate of drug-likeness (QED) is 0.331. The first-order valence-electron chi connectivity index (χ1n) is 4.76. The fourth-order valence-corrected chi connectivity index (χ4v) is 0.587. The van der Waals surface area contributed by atoms with Crippen molar-refractivity contribution in [3.05, 3.63) is 24.8 Å². The highest BCUT2D eigenvalue weighted by atomic mass is 35.5. The number of rotatable bonds is 6. The molecule has 5 heteroatoms. The minimum atomic E-state index is -0.410. The second-order valence-corrected chi connectivity index (χ2v) is 3.41. The van der Waals surface area contributed by atoms with Gasteiger partial charge in [0.05, 0.1) is 12.5 Å². The van der Waals surface area contributed by atoms with Crippen molar-refractivity contribution in [2.24, 2.45) is 0 Å². The van der Waals surface area contributed by atoms with Crippen LogP contribution < -0.4 is 0 Å². The van der Waals surface area contributed by atoms with Crippen LogP contribution in [0.25, 0.3) is 0 Å². The van der Waals surface area contributed by atoms with Crippen molar-refractivity contribution in [2.75, 3.05) is 39.7 Å². The molecular formula is C11H20ClNO3. The van der Waals surface area contributed by atoms with Crippen LogP contribution in [0.15, 0.2) is 24.8 Å². The van der Waals surface area contributed by atoms with Gasteiger partial charge in [0.2, 0.25) is 0 Å². The normalized spacial score (nSPS) is 9.06. The zero-order chi connectivity index (χ0) is 13.0. The number of carbonyl (C=O) groups is 1. The molecule has 1 N–H and O–H groups in total. The number of carbonyl (C=O) groups excluding carboxylic acids is 1. The van der Waals surface area contributed by atoms with Gasteiger partial charge in [0.25, 0.3) is 0 Å². The monoisotopic (exact) mass is 249 g/mol. The lowest BCUT2D eigenvalue weighted by molar-refractivity contribution is -0.139. The van der Waals surface area contributed by atoms with Crippen LogP contribution in [-0.2, 0) is 9.53 Å². The number of likely N-dealkylation sites (N-methyl/N-ethyl adjacent to an activating group) is 1. The van der Waals surface area contributed by atoms with E-state index in [2.05, 4.69) is 13.2 Å². The van der Waals surface area contributed by atoms with Gasteiger partial charge < -0.3 is 14.7 Å². The van der Waals surface area contributed by atoms with Crippen LogP contribution in [0.1, 0.15) is 0 Å². The standard InChI is InChI=1S/C8H14ClNO2.C3H6O/c1-7(6-9)8(11)12-5-4-10(2)3;1-2-3-4/h1,4-6H2,2-3H3;2,4H,1,3H2. The van der Waals surface area contributed by atoms with Crippen molar-refractivity contribution in [2.45, 2.75) is 0 Å². The lowest BCUT2D eigenvalue weighted by Gasteiger charge is -2.09. The number of esters is 1. The van der Waals surface area contributed by atoms with Crippen LogP contribution in [-0.4, -0.2) is 55.7 Å². The van der Waals surface area contributed by atoms with Crippen LogP contribution in [0.4, 0.5) is 0 Å². The number of ether oxygens (including phenoxy) is 1. The second-order valence-electron chi connectivity index (χ2n) is 3.15. The van der Waals surface area contributed by atoms with E-state index in [4.69, 9.17) is 21.4 Å². The summed E-state index contributed by atoms with van der Waals surface area (Å²) in [5.74, 6) is -0.285. The van der Waals surface area contributed by atoms with Crippen LogP contribution in [0.5, 0.6) is 0 Å². The smallest absolute Gasteiger partial charge is 0.334 e. The maximum Gasteiger partial charge on any atom is 0.334 e. The van der Waals surface area contributed by atoms with Gasteiger partial charge in [-0.3, -0.25) is 0 Å². The SMILES string of the molecule is C=C(CCl)C(=O)OCCN(C)C.C=CCO. The van der Waals surface area contributed by atoms with Crippen LogP contribution in [0, 0.1) is 0 Å². The average Bonchev–Trinajstić information content (AvgIpc) is 2.27. The highest BCUT2D eigenvalue weighted by Crippen LogP contribution is 1.96. The van der Waals surface area contributed by atoms with Crippen LogP contribution in [0.2, 0.25) is 0 Å². The summed E-state index contributed by atoms with van der Waals surface area (Å²) in [6, 6.07) is 0. The maximum atomic E-state index is 10.9. The predicted octanol–water partition coefficient (Wildman–Crippen LogP) is 1.05. The van der Waals surface area contributed by atoms with Crippen molar-refractivity contribution in [1.82, 2.24) is 4.90 Å². The molecule has 0 atom stereocenters. The number of alkyl halides is 1. The number of aliphatic hydroxyl groups is 1. The zero-order valence-corrected chi connectivity index (χ0v) is 10.7. The Morgan fingerprint density at radius 2 is 2.06 bits per heavy atom. The van der Waals surface area contributed by atoms with E-state index >= 15 is 0 Å². The Kier molecular flexibility index (Phi) is 13.4. The molecule has 0 amide bonds. The van der Waals surface area contributed by atoms with E-state index in [0.29, 0.717) is 18.7 Å². The number of halogens is 1. The predicted molar refractivity (Wildman–Crippen MR) is 66.7 cm³/mol. The van der Waals surface area contributed by atoms with Crippen molar-refractivity contribution in [3.8, 4) is 0 Å². The van der Waals surface area contributed by atoms with Gasteiger partial charge in [-0.15, -0.1) is 18.2 Å². The molecule has 0 heterocycles. The molecule has 0 aliphatic carbocycles. The topological polar surface area (TPSA) is 49.8 Å². The van der Waals surface area contributed by atoms with E-state index < -0.39 is 5.97 Å². The molecule has 0 saturated carbocycles. The molecule has 0 aliphatic heterocycles. The van der Waals surface area contributed by atoms with Gasteiger partial charge in [0.1, 0.15) is 6.61 Å². The van der Waals surface area contributed by atoms with E-state index in [-0.39, 0.29) is 12.5 Å². The molecule has 0 radical (unpaired) electrons. The summed E-state index contributed by atoms with van der Waals surface area (Å²) < 4.78 is 4.84. The van der Waals surface area contributed by atoms with Crippen molar-refractivity contribution in [3.63, 3.8) is 0 Å². The van der Waals surface area contributed by atoms with Crippen molar-refractivity contribution in [1.29, 1.82) is 0 Å². The molecule has 0 fully saturated rings. The molecule has 0 aromatic rings. The molecule has 4 nitrogen and oxygen atoms in total. The average molecular weight is 250 g/mol. The minimum Gasteiger partial charge on any atom is -0.461 e. The molecule has 0 aliphatic rings. The van der Waals surface area contributed by atoms with E-state index in [9.17, 15) is 4.79 Å². The molecule has 0 spiro atoms. The number of hydrogen-bond acceptors (Lipinski definition) is 4. The molecule has 0 unspecified atom stereocenters. The Morgan fingerprint density at radius 1 is 1.56 bits per heavy atom. The first-order valence-corrected chi connectivity index (χ1v) is 5.30. The van der Waals surface area contributed by atoms with Gasteiger partial charge in [-0.05, 0) is 14.1 Å². The minimum absolute atomic E-state index is 0.0833. The molecule has 16 heavy (non-hydrogen) atoms. The van der Waals surface area contributed by atoms with E-state index in [1.807, 2.05) is 19.0 Å². The molecule has 94 valence electrons. The molecule has 0 bridgehead atoms. The molecule has 0 aromatic heterocycles. The Balaban J connectivity index is 0. The Bertz CT molecular complexity index is 217. The summed E-state index contributed by atoms with van der Waals surface area (Å²) in [5.41, 5.74) is 0.301. The molecule has 0 saturated heterocycles. The van der Waals surface area contributed by atoms with Crippen LogP contribution >= 0.6 is 11.6 Å². The van der Waals surface area contributed by atoms with E-state index in [0.717, 1.165) is 0 Å². The lowest BCUT2D eigenvalue weighted by Crippen LogP contribution is -2.20. The van der Waals surface area contributed by atoms with Gasteiger partial charge in [-0.25, -0.2) is 4.79 Å². The van der Waals surface area contributed by atoms with E-state index in [1.54, 1.807) is 0 Å². The molecule has 0 rings (SSSR count). The molecular weight excluding hydrogens is 230 g/mol. The van der Waals surface area contributed by atoms with Crippen molar-refractivity contribution < 1.29 is 14.6 Å². The van der Waals surface area contributed by atoms with E-state index in [1.165, 1.54) is 6.08 Å². The lowest BCUT2D eigenvalue weighted by atomic mass is 10.4. The summed E-state index contributed by atoms with van der Waals surface area (Å²) in [6.07, 6.45) is 1.43. The zero-order valence-electron chi connectivity index (χ0n) is 9.91. The fourth-order valence-electron chi connectivity index (χ4n) is 0.478. The Hall–Kier alpha value is -0.840. The number of aliphatic hydroxyl groups excluding tert-OH is 1.